The number of hydrogen-bond acceptors (Lipinski definition) is 1. The van der Waals surface area contributed by atoms with Crippen molar-refractivity contribution in [3.63, 3.8) is 0 Å². The van der Waals surface area contributed by atoms with Gasteiger partial charge in [0.05, 0.1) is 0 Å². The van der Waals surface area contributed by atoms with Gasteiger partial charge in [-0.3, -0.25) is 0 Å². The van der Waals surface area contributed by atoms with Gasteiger partial charge in [-0.05, 0) is 24.3 Å². The number of para-hydroxylation sites is 1. The molecular formula is C13H9Cl2NO. The van der Waals surface area contributed by atoms with E-state index in [1.165, 1.54) is 6.21 Å². The molecule has 17 heavy (non-hydrogen) atoms. The lowest BCUT2D eigenvalue weighted by Crippen LogP contribution is -1.99. The molecule has 2 aromatic carbocycles. The summed E-state index contributed by atoms with van der Waals surface area (Å²) in [4.78, 5) is 0. The van der Waals surface area contributed by atoms with Gasteiger partial charge in [-0.15, -0.1) is 0 Å². The molecule has 0 aliphatic carbocycles. The largest absolute Gasteiger partial charge is 0.618 e. The van der Waals surface area contributed by atoms with Crippen LogP contribution < -0.4 is 0 Å². The lowest BCUT2D eigenvalue weighted by Gasteiger charge is -2.04. The van der Waals surface area contributed by atoms with E-state index in [9.17, 15) is 5.21 Å². The highest BCUT2D eigenvalue weighted by atomic mass is 35.5. The van der Waals surface area contributed by atoms with Gasteiger partial charge >= 0.3 is 0 Å². The van der Waals surface area contributed by atoms with Crippen molar-refractivity contribution in [2.75, 3.05) is 0 Å². The Kier molecular flexibility index (Phi) is 3.67. The highest BCUT2D eigenvalue weighted by Gasteiger charge is 2.06. The molecule has 2 aromatic rings. The molecule has 0 saturated carbocycles. The molecule has 0 atom stereocenters. The molecule has 0 aliphatic rings. The maximum absolute atomic E-state index is 11.9. The van der Waals surface area contributed by atoms with E-state index in [2.05, 4.69) is 0 Å². The van der Waals surface area contributed by atoms with E-state index in [1.807, 2.05) is 0 Å². The fraction of sp³-hybridized carbons (Fsp3) is 0. The summed E-state index contributed by atoms with van der Waals surface area (Å²) in [6.45, 7) is 0. The first-order chi connectivity index (χ1) is 8.16. The molecule has 0 aromatic heterocycles. The number of halogens is 2. The average Bonchev–Trinajstić information content (AvgIpc) is 2.29. The fourth-order valence-electron chi connectivity index (χ4n) is 1.42. The maximum atomic E-state index is 11.9. The SMILES string of the molecule is [O-][N+](=Cc1cccc(Cl)c1)c1ccccc1Cl. The average molecular weight is 266 g/mol. The van der Waals surface area contributed by atoms with E-state index < -0.39 is 0 Å². The Morgan fingerprint density at radius 1 is 1.00 bits per heavy atom. The second kappa shape index (κ2) is 5.21. The van der Waals surface area contributed by atoms with Crippen LogP contribution in [0.15, 0.2) is 48.5 Å². The Hall–Kier alpha value is -1.51. The third-order valence-corrected chi connectivity index (χ3v) is 2.76. The molecule has 0 saturated heterocycles. The van der Waals surface area contributed by atoms with Crippen LogP contribution in [0.2, 0.25) is 10.0 Å². The van der Waals surface area contributed by atoms with E-state index in [0.29, 0.717) is 15.7 Å². The summed E-state index contributed by atoms with van der Waals surface area (Å²) in [6.07, 6.45) is 1.44. The molecule has 0 fully saturated rings. The summed E-state index contributed by atoms with van der Waals surface area (Å²) in [5.41, 5.74) is 1.14. The number of nitrogens with zero attached hydrogens (tertiary/aromatic N) is 1. The van der Waals surface area contributed by atoms with Crippen molar-refractivity contribution in [1.29, 1.82) is 0 Å². The summed E-state index contributed by atoms with van der Waals surface area (Å²) in [5.74, 6) is 0. The molecule has 0 spiro atoms. The van der Waals surface area contributed by atoms with Gasteiger partial charge in [-0.1, -0.05) is 41.4 Å². The van der Waals surface area contributed by atoms with Gasteiger partial charge in [0.1, 0.15) is 5.02 Å². The van der Waals surface area contributed by atoms with Crippen LogP contribution in [0.5, 0.6) is 0 Å². The first-order valence-corrected chi connectivity index (χ1v) is 5.74. The normalized spacial score (nSPS) is 11.5. The quantitative estimate of drug-likeness (QED) is 0.345. The highest BCUT2D eigenvalue weighted by molar-refractivity contribution is 6.32. The lowest BCUT2D eigenvalue weighted by molar-refractivity contribution is -0.354. The van der Waals surface area contributed by atoms with Crippen LogP contribution in [-0.2, 0) is 0 Å². The minimum absolute atomic E-state index is 0.411. The third-order valence-electron chi connectivity index (χ3n) is 2.20. The molecule has 0 N–H and O–H groups in total. The first-order valence-electron chi connectivity index (χ1n) is 4.98. The van der Waals surface area contributed by atoms with Crippen LogP contribution in [0, 0.1) is 5.21 Å². The molecular weight excluding hydrogens is 257 g/mol. The Balaban J connectivity index is 2.38. The minimum atomic E-state index is 0.411. The summed E-state index contributed by atoms with van der Waals surface area (Å²) in [5, 5.41) is 12.9. The second-order valence-electron chi connectivity index (χ2n) is 3.46. The Morgan fingerprint density at radius 3 is 2.47 bits per heavy atom. The summed E-state index contributed by atoms with van der Waals surface area (Å²) in [6, 6.07) is 13.9. The number of benzene rings is 2. The Labute approximate surface area is 109 Å². The Bertz CT molecular complexity index is 567. The smallest absolute Gasteiger partial charge is 0.235 e. The van der Waals surface area contributed by atoms with Crippen LogP contribution in [0.1, 0.15) is 5.56 Å². The predicted octanol–water partition coefficient (Wildman–Crippen LogP) is 4.25. The maximum Gasteiger partial charge on any atom is 0.235 e. The van der Waals surface area contributed by atoms with Crippen molar-refractivity contribution in [1.82, 2.24) is 0 Å². The monoisotopic (exact) mass is 265 g/mol. The number of hydrogen-bond donors (Lipinski definition) is 0. The molecule has 4 heteroatoms. The van der Waals surface area contributed by atoms with Crippen molar-refractivity contribution in [3.8, 4) is 0 Å². The van der Waals surface area contributed by atoms with E-state index >= 15 is 0 Å². The molecule has 0 heterocycles. The van der Waals surface area contributed by atoms with Gasteiger partial charge in [-0.25, -0.2) is 0 Å². The van der Waals surface area contributed by atoms with Crippen molar-refractivity contribution >= 4 is 35.1 Å². The molecule has 86 valence electrons. The van der Waals surface area contributed by atoms with Crippen LogP contribution in [0.25, 0.3) is 0 Å². The van der Waals surface area contributed by atoms with Crippen LogP contribution in [-0.4, -0.2) is 11.0 Å². The lowest BCUT2D eigenvalue weighted by atomic mass is 10.2. The molecule has 0 amide bonds. The van der Waals surface area contributed by atoms with Crippen LogP contribution in [0.3, 0.4) is 0 Å². The third kappa shape index (κ3) is 2.99. The topological polar surface area (TPSA) is 26.1 Å². The van der Waals surface area contributed by atoms with Gasteiger partial charge < -0.3 is 5.21 Å². The zero-order chi connectivity index (χ0) is 12.3. The molecule has 2 nitrogen and oxygen atoms in total. The molecule has 0 aliphatic heterocycles. The van der Waals surface area contributed by atoms with Gasteiger partial charge in [0.15, 0.2) is 6.21 Å². The van der Waals surface area contributed by atoms with E-state index in [0.717, 1.165) is 10.3 Å². The van der Waals surface area contributed by atoms with Gasteiger partial charge in [-0.2, -0.15) is 4.74 Å². The standard InChI is InChI=1S/C13H9Cl2NO/c14-11-5-3-4-10(8-11)9-16(17)13-7-2-1-6-12(13)15/h1-9H. The molecule has 2 rings (SSSR count). The van der Waals surface area contributed by atoms with Crippen molar-refractivity contribution < 1.29 is 4.74 Å². The summed E-state index contributed by atoms with van der Waals surface area (Å²) < 4.78 is 0.730. The molecule has 0 radical (unpaired) electrons. The van der Waals surface area contributed by atoms with Crippen molar-refractivity contribution in [2.24, 2.45) is 0 Å². The summed E-state index contributed by atoms with van der Waals surface area (Å²) in [7, 11) is 0. The van der Waals surface area contributed by atoms with Gasteiger partial charge in [0, 0.05) is 16.7 Å². The van der Waals surface area contributed by atoms with Crippen LogP contribution in [0.4, 0.5) is 5.69 Å². The molecule has 0 unspecified atom stereocenters. The first kappa shape index (κ1) is 12.0. The van der Waals surface area contributed by atoms with E-state index in [1.54, 1.807) is 48.5 Å². The zero-order valence-corrected chi connectivity index (χ0v) is 10.3. The minimum Gasteiger partial charge on any atom is -0.618 e. The fourth-order valence-corrected chi connectivity index (χ4v) is 1.84. The van der Waals surface area contributed by atoms with E-state index in [-0.39, 0.29) is 0 Å². The van der Waals surface area contributed by atoms with Crippen molar-refractivity contribution in [3.05, 3.63) is 69.3 Å². The zero-order valence-electron chi connectivity index (χ0n) is 8.81. The predicted molar refractivity (Wildman–Crippen MR) is 71.4 cm³/mol. The van der Waals surface area contributed by atoms with Gasteiger partial charge in [0.25, 0.3) is 0 Å². The second-order valence-corrected chi connectivity index (χ2v) is 4.30. The van der Waals surface area contributed by atoms with Crippen LogP contribution >= 0.6 is 23.2 Å². The highest BCUT2D eigenvalue weighted by Crippen LogP contribution is 2.23. The van der Waals surface area contributed by atoms with Crippen molar-refractivity contribution in [2.45, 2.75) is 0 Å². The molecule has 0 bridgehead atoms. The Morgan fingerprint density at radius 2 is 1.76 bits per heavy atom. The number of rotatable bonds is 2. The van der Waals surface area contributed by atoms with Gasteiger partial charge in [0.2, 0.25) is 5.69 Å². The summed E-state index contributed by atoms with van der Waals surface area (Å²) >= 11 is 11.8. The van der Waals surface area contributed by atoms with E-state index in [4.69, 9.17) is 23.2 Å².